The lowest BCUT2D eigenvalue weighted by Gasteiger charge is -2.15. The van der Waals surface area contributed by atoms with E-state index >= 15 is 0 Å². The zero-order chi connectivity index (χ0) is 20.7. The summed E-state index contributed by atoms with van der Waals surface area (Å²) in [5, 5.41) is 11.3. The van der Waals surface area contributed by atoms with Crippen LogP contribution in [0.15, 0.2) is 36.4 Å². The highest BCUT2D eigenvalue weighted by atomic mass is 19.3. The minimum Gasteiger partial charge on any atom is -0.490 e. The maximum absolute atomic E-state index is 12.6. The number of alkyl halides is 2. The first-order valence-corrected chi connectivity index (χ1v) is 8.29. The van der Waals surface area contributed by atoms with Gasteiger partial charge >= 0.3 is 12.6 Å². The number of aryl methyl sites for hydroxylation is 1. The van der Waals surface area contributed by atoms with Crippen LogP contribution in [0.2, 0.25) is 0 Å². The number of para-hydroxylation sites is 1. The Morgan fingerprint density at radius 1 is 1.11 bits per heavy atom. The fourth-order valence-corrected chi connectivity index (χ4v) is 2.36. The summed E-state index contributed by atoms with van der Waals surface area (Å²) in [6.07, 6.45) is 0. The largest absolute Gasteiger partial charge is 0.490 e. The Morgan fingerprint density at radius 2 is 1.86 bits per heavy atom. The average molecular weight is 395 g/mol. The van der Waals surface area contributed by atoms with Crippen LogP contribution >= 0.6 is 0 Å². The first-order valence-electron chi connectivity index (χ1n) is 8.29. The van der Waals surface area contributed by atoms with Crippen molar-refractivity contribution in [2.45, 2.75) is 20.5 Å². The van der Waals surface area contributed by atoms with Gasteiger partial charge in [-0.25, -0.2) is 4.79 Å². The second-order valence-corrected chi connectivity index (χ2v) is 5.56. The lowest BCUT2D eigenvalue weighted by atomic mass is 10.1. The molecule has 150 valence electrons. The topological polar surface area (TPSA) is 94.1 Å². The first-order chi connectivity index (χ1) is 13.3. The van der Waals surface area contributed by atoms with E-state index < -0.39 is 25.1 Å². The van der Waals surface area contributed by atoms with Crippen LogP contribution in [0, 0.1) is 6.92 Å². The molecule has 9 heteroatoms. The highest BCUT2D eigenvalue weighted by Gasteiger charge is 2.17. The van der Waals surface area contributed by atoms with Gasteiger partial charge in [0.1, 0.15) is 5.75 Å². The number of anilines is 1. The Bertz CT molecular complexity index is 856. The molecule has 2 rings (SSSR count). The SMILES string of the molecule is CCOc1cc(C(=O)Nc2c(C)cccc2OC(F)F)ccc1OCC(=O)O. The molecule has 0 aliphatic heterocycles. The van der Waals surface area contributed by atoms with Gasteiger partial charge in [-0.05, 0) is 43.7 Å². The van der Waals surface area contributed by atoms with Gasteiger partial charge in [0, 0.05) is 5.56 Å². The summed E-state index contributed by atoms with van der Waals surface area (Å²) in [5.74, 6) is -1.55. The molecule has 2 aromatic rings. The van der Waals surface area contributed by atoms with Crippen LogP contribution in [-0.2, 0) is 4.79 Å². The fraction of sp³-hybridized carbons (Fsp3) is 0.263. The molecule has 0 heterocycles. The fourth-order valence-electron chi connectivity index (χ4n) is 2.36. The average Bonchev–Trinajstić information content (AvgIpc) is 2.63. The minimum atomic E-state index is -3.03. The van der Waals surface area contributed by atoms with E-state index in [1.165, 1.54) is 30.3 Å². The number of carbonyl (C=O) groups excluding carboxylic acids is 1. The first kappa shape index (κ1) is 20.9. The normalized spacial score (nSPS) is 10.5. The molecule has 0 atom stereocenters. The van der Waals surface area contributed by atoms with Crippen LogP contribution < -0.4 is 19.5 Å². The molecule has 0 saturated heterocycles. The number of benzene rings is 2. The third kappa shape index (κ3) is 5.57. The number of halogens is 2. The van der Waals surface area contributed by atoms with E-state index in [4.69, 9.17) is 14.6 Å². The Hall–Kier alpha value is -3.36. The minimum absolute atomic E-state index is 0.122. The van der Waals surface area contributed by atoms with E-state index in [0.29, 0.717) is 5.56 Å². The van der Waals surface area contributed by atoms with Crippen molar-refractivity contribution in [3.8, 4) is 17.2 Å². The van der Waals surface area contributed by atoms with Crippen LogP contribution in [0.3, 0.4) is 0 Å². The zero-order valence-corrected chi connectivity index (χ0v) is 15.2. The quantitative estimate of drug-likeness (QED) is 0.672. The molecule has 0 aromatic heterocycles. The molecule has 0 aliphatic rings. The zero-order valence-electron chi connectivity index (χ0n) is 15.2. The van der Waals surface area contributed by atoms with Crippen molar-refractivity contribution in [1.82, 2.24) is 0 Å². The van der Waals surface area contributed by atoms with Gasteiger partial charge < -0.3 is 24.6 Å². The Balaban J connectivity index is 2.27. The molecular weight excluding hydrogens is 376 g/mol. The third-order valence-corrected chi connectivity index (χ3v) is 3.55. The van der Waals surface area contributed by atoms with Gasteiger partial charge in [0.25, 0.3) is 5.91 Å². The van der Waals surface area contributed by atoms with E-state index in [1.807, 2.05) is 0 Å². The van der Waals surface area contributed by atoms with Crippen molar-refractivity contribution < 1.29 is 37.7 Å². The van der Waals surface area contributed by atoms with Crippen LogP contribution in [0.1, 0.15) is 22.8 Å². The van der Waals surface area contributed by atoms with Gasteiger partial charge in [0.2, 0.25) is 0 Å². The molecule has 1 amide bonds. The molecule has 7 nitrogen and oxygen atoms in total. The molecule has 0 unspecified atom stereocenters. The molecule has 2 aromatic carbocycles. The summed E-state index contributed by atoms with van der Waals surface area (Å²) >= 11 is 0. The lowest BCUT2D eigenvalue weighted by Crippen LogP contribution is -2.15. The summed E-state index contributed by atoms with van der Waals surface area (Å²) in [5.41, 5.74) is 0.826. The molecule has 0 aliphatic carbocycles. The predicted octanol–water partition coefficient (Wildman–Crippen LogP) is 3.71. The molecule has 0 saturated carbocycles. The van der Waals surface area contributed by atoms with Gasteiger partial charge in [-0.15, -0.1) is 0 Å². The van der Waals surface area contributed by atoms with Crippen LogP contribution in [0.4, 0.5) is 14.5 Å². The van der Waals surface area contributed by atoms with Crippen molar-refractivity contribution in [3.05, 3.63) is 47.5 Å². The van der Waals surface area contributed by atoms with Gasteiger partial charge in [-0.2, -0.15) is 8.78 Å². The standard InChI is InChI=1S/C19H19F2NO6/c1-3-26-15-9-12(7-8-13(15)27-10-16(23)24)18(25)22-17-11(2)5-4-6-14(17)28-19(20)21/h4-9,19H,3,10H2,1-2H3,(H,22,25)(H,23,24). The molecule has 0 bridgehead atoms. The van der Waals surface area contributed by atoms with E-state index in [9.17, 15) is 18.4 Å². The number of nitrogens with one attached hydrogen (secondary N) is 1. The number of carbonyl (C=O) groups is 2. The van der Waals surface area contributed by atoms with Crippen LogP contribution in [-0.4, -0.2) is 36.8 Å². The maximum atomic E-state index is 12.6. The second kappa shape index (κ2) is 9.54. The summed E-state index contributed by atoms with van der Waals surface area (Å²) in [6.45, 7) is 0.0202. The number of carboxylic acid groups (broad SMARTS) is 1. The van der Waals surface area contributed by atoms with Gasteiger partial charge in [0.15, 0.2) is 18.1 Å². The van der Waals surface area contributed by atoms with E-state index in [1.54, 1.807) is 19.9 Å². The number of ether oxygens (including phenoxy) is 3. The smallest absolute Gasteiger partial charge is 0.387 e. The van der Waals surface area contributed by atoms with Crippen LogP contribution in [0.5, 0.6) is 17.2 Å². The van der Waals surface area contributed by atoms with Crippen molar-refractivity contribution >= 4 is 17.6 Å². The van der Waals surface area contributed by atoms with Crippen molar-refractivity contribution in [3.63, 3.8) is 0 Å². The summed E-state index contributed by atoms with van der Waals surface area (Å²) < 4.78 is 40.2. The monoisotopic (exact) mass is 395 g/mol. The number of aliphatic carboxylic acids is 1. The molecule has 2 N–H and O–H groups in total. The van der Waals surface area contributed by atoms with Crippen LogP contribution in [0.25, 0.3) is 0 Å². The highest BCUT2D eigenvalue weighted by molar-refractivity contribution is 6.05. The highest BCUT2D eigenvalue weighted by Crippen LogP contribution is 2.32. The number of rotatable bonds is 9. The van der Waals surface area contributed by atoms with E-state index in [-0.39, 0.29) is 35.1 Å². The van der Waals surface area contributed by atoms with Gasteiger partial charge in [-0.1, -0.05) is 12.1 Å². The molecule has 28 heavy (non-hydrogen) atoms. The number of carboxylic acids is 1. The number of hydrogen-bond donors (Lipinski definition) is 2. The number of hydrogen-bond acceptors (Lipinski definition) is 5. The Kier molecular flexibility index (Phi) is 7.14. The summed E-state index contributed by atoms with van der Waals surface area (Å²) in [4.78, 5) is 23.3. The number of amides is 1. The summed E-state index contributed by atoms with van der Waals surface area (Å²) in [7, 11) is 0. The van der Waals surface area contributed by atoms with Gasteiger partial charge in [0.05, 0.1) is 12.3 Å². The molecule has 0 fully saturated rings. The second-order valence-electron chi connectivity index (χ2n) is 5.56. The van der Waals surface area contributed by atoms with E-state index in [0.717, 1.165) is 0 Å². The molecule has 0 radical (unpaired) electrons. The third-order valence-electron chi connectivity index (χ3n) is 3.55. The predicted molar refractivity (Wildman–Crippen MR) is 96.5 cm³/mol. The lowest BCUT2D eigenvalue weighted by molar-refractivity contribution is -0.139. The molecular formula is C19H19F2NO6. The summed E-state index contributed by atoms with van der Waals surface area (Å²) in [6, 6.07) is 8.68. The van der Waals surface area contributed by atoms with E-state index in [2.05, 4.69) is 10.1 Å². The Labute approximate surface area is 159 Å². The van der Waals surface area contributed by atoms with Crippen molar-refractivity contribution in [2.75, 3.05) is 18.5 Å². The van der Waals surface area contributed by atoms with Crippen molar-refractivity contribution in [2.24, 2.45) is 0 Å². The molecule has 0 spiro atoms. The van der Waals surface area contributed by atoms with Crippen molar-refractivity contribution in [1.29, 1.82) is 0 Å². The Morgan fingerprint density at radius 3 is 2.50 bits per heavy atom. The van der Waals surface area contributed by atoms with Gasteiger partial charge in [-0.3, -0.25) is 4.79 Å². The maximum Gasteiger partial charge on any atom is 0.387 e.